The average molecular weight is 250 g/mol. The summed E-state index contributed by atoms with van der Waals surface area (Å²) in [7, 11) is 0. The van der Waals surface area contributed by atoms with Crippen LogP contribution in [0.1, 0.15) is 59.8 Å². The molecule has 0 aromatic rings. The number of allylic oxidation sites excluding steroid dienone is 2. The molecule has 2 rings (SSSR count). The van der Waals surface area contributed by atoms with Crippen LogP contribution in [0.2, 0.25) is 0 Å². The topological polar surface area (TPSA) is 41.1 Å². The fourth-order valence-corrected chi connectivity index (χ4v) is 3.11. The van der Waals surface area contributed by atoms with Crippen LogP contribution in [0.4, 0.5) is 0 Å². The zero-order chi connectivity index (χ0) is 13.3. The molecule has 1 fully saturated rings. The largest absolute Gasteiger partial charge is 0.373 e. The third-order valence-corrected chi connectivity index (χ3v) is 4.21. The van der Waals surface area contributed by atoms with E-state index in [-0.39, 0.29) is 11.4 Å². The van der Waals surface area contributed by atoms with Gasteiger partial charge in [-0.2, -0.15) is 0 Å². The summed E-state index contributed by atoms with van der Waals surface area (Å²) in [6.07, 6.45) is 5.51. The van der Waals surface area contributed by atoms with Gasteiger partial charge in [0, 0.05) is 11.4 Å². The summed E-state index contributed by atoms with van der Waals surface area (Å²) >= 11 is 0. The normalized spacial score (nSPS) is 23.6. The predicted octanol–water partition coefficient (Wildman–Crippen LogP) is 2.93. The maximum Gasteiger partial charge on any atom is 0.249 e. The van der Waals surface area contributed by atoms with Crippen molar-refractivity contribution in [3.05, 3.63) is 11.4 Å². The standard InChI is InChI=1S/C15H26N2O/c1-10(2)12-13(11(3)4)17-15(14(18)16-12)8-6-5-7-9-15/h10-11,17H,5-9H2,1-4H3,(H,16,18). The molecule has 0 unspecified atom stereocenters. The van der Waals surface area contributed by atoms with E-state index in [2.05, 4.69) is 38.3 Å². The summed E-state index contributed by atoms with van der Waals surface area (Å²) in [4.78, 5) is 12.4. The first-order valence-electron chi connectivity index (χ1n) is 7.30. The Hall–Kier alpha value is -0.990. The molecule has 0 aromatic heterocycles. The summed E-state index contributed by atoms with van der Waals surface area (Å²) in [5.41, 5.74) is 2.01. The van der Waals surface area contributed by atoms with Gasteiger partial charge >= 0.3 is 0 Å². The molecule has 3 nitrogen and oxygen atoms in total. The van der Waals surface area contributed by atoms with Gasteiger partial charge in [0.25, 0.3) is 0 Å². The molecule has 2 aliphatic rings. The van der Waals surface area contributed by atoms with Gasteiger partial charge < -0.3 is 10.6 Å². The van der Waals surface area contributed by atoms with E-state index in [9.17, 15) is 4.79 Å². The molecule has 102 valence electrons. The van der Waals surface area contributed by atoms with Crippen molar-refractivity contribution in [1.82, 2.24) is 10.6 Å². The Morgan fingerprint density at radius 3 is 2.00 bits per heavy atom. The van der Waals surface area contributed by atoms with Crippen molar-refractivity contribution >= 4 is 5.91 Å². The van der Waals surface area contributed by atoms with Gasteiger partial charge in [0.1, 0.15) is 5.54 Å². The molecule has 1 spiro atoms. The number of amides is 1. The summed E-state index contributed by atoms with van der Waals surface area (Å²) < 4.78 is 0. The van der Waals surface area contributed by atoms with Gasteiger partial charge in [-0.25, -0.2) is 0 Å². The molecular formula is C15H26N2O. The first kappa shape index (κ1) is 13.4. The van der Waals surface area contributed by atoms with Gasteiger partial charge in [0.05, 0.1) is 0 Å². The monoisotopic (exact) mass is 250 g/mol. The maximum absolute atomic E-state index is 12.4. The first-order valence-corrected chi connectivity index (χ1v) is 7.30. The molecule has 1 heterocycles. The molecule has 1 aliphatic carbocycles. The molecule has 1 saturated carbocycles. The highest BCUT2D eigenvalue weighted by molar-refractivity contribution is 5.89. The molecule has 18 heavy (non-hydrogen) atoms. The summed E-state index contributed by atoms with van der Waals surface area (Å²) in [5, 5.41) is 6.80. The van der Waals surface area contributed by atoms with Crippen LogP contribution in [0.5, 0.6) is 0 Å². The van der Waals surface area contributed by atoms with Crippen molar-refractivity contribution in [2.45, 2.75) is 65.3 Å². The fraction of sp³-hybridized carbons (Fsp3) is 0.800. The van der Waals surface area contributed by atoms with Crippen LogP contribution < -0.4 is 10.6 Å². The van der Waals surface area contributed by atoms with E-state index in [0.29, 0.717) is 11.8 Å². The Kier molecular flexibility index (Phi) is 3.69. The summed E-state index contributed by atoms with van der Waals surface area (Å²) in [5.74, 6) is 0.983. The Morgan fingerprint density at radius 2 is 1.50 bits per heavy atom. The molecule has 2 N–H and O–H groups in total. The number of carbonyl (C=O) groups excluding carboxylic acids is 1. The number of carbonyl (C=O) groups is 1. The van der Waals surface area contributed by atoms with Crippen LogP contribution in [-0.2, 0) is 4.79 Å². The SMILES string of the molecule is CC(C)C1=C(C(C)C)NC2(CCCCC2)C(=O)N1. The second-order valence-electron chi connectivity index (χ2n) is 6.36. The number of hydrogen-bond donors (Lipinski definition) is 2. The van der Waals surface area contributed by atoms with Gasteiger partial charge in [0.2, 0.25) is 5.91 Å². The van der Waals surface area contributed by atoms with E-state index < -0.39 is 0 Å². The van der Waals surface area contributed by atoms with Gasteiger partial charge in [-0.05, 0) is 24.7 Å². The molecule has 1 amide bonds. The van der Waals surface area contributed by atoms with E-state index in [1.807, 2.05) is 0 Å². The van der Waals surface area contributed by atoms with Crippen LogP contribution in [0.25, 0.3) is 0 Å². The number of nitrogens with one attached hydrogen (secondary N) is 2. The second kappa shape index (κ2) is 4.94. The van der Waals surface area contributed by atoms with Crippen molar-refractivity contribution < 1.29 is 4.79 Å². The van der Waals surface area contributed by atoms with Crippen LogP contribution in [0.3, 0.4) is 0 Å². The molecule has 0 radical (unpaired) electrons. The number of rotatable bonds is 2. The van der Waals surface area contributed by atoms with Crippen molar-refractivity contribution in [3.63, 3.8) is 0 Å². The minimum Gasteiger partial charge on any atom is -0.373 e. The highest BCUT2D eigenvalue weighted by Gasteiger charge is 2.44. The van der Waals surface area contributed by atoms with E-state index in [0.717, 1.165) is 31.4 Å². The van der Waals surface area contributed by atoms with Crippen LogP contribution in [0.15, 0.2) is 11.4 Å². The van der Waals surface area contributed by atoms with Crippen molar-refractivity contribution in [2.75, 3.05) is 0 Å². The Labute approximate surface area is 110 Å². The van der Waals surface area contributed by atoms with E-state index in [1.165, 1.54) is 12.1 Å². The fourth-order valence-electron chi connectivity index (χ4n) is 3.11. The molecule has 1 aliphatic heterocycles. The van der Waals surface area contributed by atoms with E-state index in [1.54, 1.807) is 0 Å². The van der Waals surface area contributed by atoms with E-state index >= 15 is 0 Å². The third kappa shape index (κ3) is 2.27. The third-order valence-electron chi connectivity index (χ3n) is 4.21. The van der Waals surface area contributed by atoms with Gasteiger partial charge in [-0.15, -0.1) is 0 Å². The average Bonchev–Trinajstić information content (AvgIpc) is 2.33. The van der Waals surface area contributed by atoms with E-state index in [4.69, 9.17) is 0 Å². The smallest absolute Gasteiger partial charge is 0.249 e. The molecule has 3 heteroatoms. The lowest BCUT2D eigenvalue weighted by Crippen LogP contribution is -2.62. The summed E-state index contributed by atoms with van der Waals surface area (Å²) in [6, 6.07) is 0. The lowest BCUT2D eigenvalue weighted by Gasteiger charge is -2.44. The molecule has 0 saturated heterocycles. The zero-order valence-electron chi connectivity index (χ0n) is 12.1. The van der Waals surface area contributed by atoms with Gasteiger partial charge in [-0.1, -0.05) is 47.0 Å². The molecular weight excluding hydrogens is 224 g/mol. The Balaban J connectivity index is 2.33. The Morgan fingerprint density at radius 1 is 0.944 bits per heavy atom. The molecule has 0 aromatic carbocycles. The predicted molar refractivity (Wildman–Crippen MR) is 73.8 cm³/mol. The molecule has 0 atom stereocenters. The number of hydrogen-bond acceptors (Lipinski definition) is 2. The zero-order valence-corrected chi connectivity index (χ0v) is 12.1. The van der Waals surface area contributed by atoms with Gasteiger partial charge in [0.15, 0.2) is 0 Å². The highest BCUT2D eigenvalue weighted by Crippen LogP contribution is 2.34. The van der Waals surface area contributed by atoms with Crippen molar-refractivity contribution in [3.8, 4) is 0 Å². The molecule has 0 bridgehead atoms. The van der Waals surface area contributed by atoms with Gasteiger partial charge in [-0.3, -0.25) is 4.79 Å². The highest BCUT2D eigenvalue weighted by atomic mass is 16.2. The lowest BCUT2D eigenvalue weighted by atomic mass is 9.78. The second-order valence-corrected chi connectivity index (χ2v) is 6.36. The van der Waals surface area contributed by atoms with Crippen molar-refractivity contribution in [2.24, 2.45) is 11.8 Å². The van der Waals surface area contributed by atoms with Crippen LogP contribution >= 0.6 is 0 Å². The minimum atomic E-state index is -0.323. The maximum atomic E-state index is 12.4. The lowest BCUT2D eigenvalue weighted by molar-refractivity contribution is -0.129. The van der Waals surface area contributed by atoms with Crippen LogP contribution in [0, 0.1) is 11.8 Å². The Bertz CT molecular complexity index is 363. The summed E-state index contributed by atoms with van der Waals surface area (Å²) in [6.45, 7) is 8.66. The van der Waals surface area contributed by atoms with Crippen LogP contribution in [-0.4, -0.2) is 11.4 Å². The van der Waals surface area contributed by atoms with Crippen molar-refractivity contribution in [1.29, 1.82) is 0 Å². The minimum absolute atomic E-state index is 0.190. The quantitative estimate of drug-likeness (QED) is 0.791. The first-order chi connectivity index (χ1) is 8.46.